The number of hydrogen-bond donors (Lipinski definition) is 0. The van der Waals surface area contributed by atoms with Gasteiger partial charge in [-0.3, -0.25) is 0 Å². The molecule has 1 aliphatic rings. The highest BCUT2D eigenvalue weighted by molar-refractivity contribution is 6.56. The van der Waals surface area contributed by atoms with Gasteiger partial charge in [0.2, 0.25) is 0 Å². The summed E-state index contributed by atoms with van der Waals surface area (Å²) in [5, 5.41) is 0. The smallest absolute Gasteiger partial charge is 0.239 e. The molecule has 0 atom stereocenters. The second-order valence-electron chi connectivity index (χ2n) is 0.715. The van der Waals surface area contributed by atoms with Crippen molar-refractivity contribution in [2.75, 3.05) is 0 Å². The van der Waals surface area contributed by atoms with Crippen molar-refractivity contribution in [3.63, 3.8) is 0 Å². The van der Waals surface area contributed by atoms with Crippen LogP contribution in [-0.2, 0) is 9.78 Å². The quantitative estimate of drug-likeness (QED) is 0.364. The first-order chi connectivity index (χ1) is 2.80. The zero-order valence-electron chi connectivity index (χ0n) is 2.57. The van der Waals surface area contributed by atoms with E-state index >= 15 is 0 Å². The van der Waals surface area contributed by atoms with Crippen molar-refractivity contribution in [2.45, 2.75) is 0 Å². The van der Waals surface area contributed by atoms with Crippen LogP contribution in [0.15, 0.2) is 10.4 Å². The molecule has 1 saturated heterocycles. The van der Waals surface area contributed by atoms with Crippen LogP contribution in [0.3, 0.4) is 0 Å². The van der Waals surface area contributed by atoms with Crippen LogP contribution in [-0.4, -0.2) is 0 Å². The summed E-state index contributed by atoms with van der Waals surface area (Å²) in [7, 11) is 0. The Hall–Kier alpha value is -0.0800. The summed E-state index contributed by atoms with van der Waals surface area (Å²) in [5.74, 6) is 0.207. The molecule has 0 unspecified atom stereocenters. The molecule has 1 fully saturated rings. The molecule has 0 amide bonds. The van der Waals surface area contributed by atoms with E-state index < -0.39 is 0 Å². The standard InChI is InChI=1S/C2Cl2O2/c3-1(4)2-5-6-2. The van der Waals surface area contributed by atoms with Crippen LogP contribution in [0.2, 0.25) is 0 Å². The SMILES string of the molecule is ClC(Cl)=C1OO1. The Labute approximate surface area is 44.2 Å². The predicted molar refractivity (Wildman–Crippen MR) is 20.9 cm³/mol. The van der Waals surface area contributed by atoms with Gasteiger partial charge in [-0.15, -0.1) is 0 Å². The molecule has 0 radical (unpaired) electrons. The summed E-state index contributed by atoms with van der Waals surface area (Å²) in [6, 6.07) is 0. The lowest BCUT2D eigenvalue weighted by atomic mass is 11.1. The average molecular weight is 127 g/mol. The molecule has 1 aliphatic heterocycles. The highest BCUT2D eigenvalue weighted by atomic mass is 35.5. The van der Waals surface area contributed by atoms with E-state index in [-0.39, 0.29) is 10.4 Å². The van der Waals surface area contributed by atoms with Crippen molar-refractivity contribution in [3.05, 3.63) is 10.4 Å². The van der Waals surface area contributed by atoms with Crippen LogP contribution in [0.4, 0.5) is 0 Å². The maximum Gasteiger partial charge on any atom is 0.409 e. The van der Waals surface area contributed by atoms with E-state index in [1.165, 1.54) is 0 Å². The van der Waals surface area contributed by atoms with Gasteiger partial charge >= 0.3 is 5.95 Å². The molecule has 0 spiro atoms. The van der Waals surface area contributed by atoms with E-state index in [1.54, 1.807) is 0 Å². The van der Waals surface area contributed by atoms with Crippen LogP contribution in [0, 0.1) is 0 Å². The Balaban J connectivity index is 2.61. The summed E-state index contributed by atoms with van der Waals surface area (Å²) in [4.78, 5) is 8.17. The Kier molecular flexibility index (Phi) is 0.821. The van der Waals surface area contributed by atoms with E-state index in [1.807, 2.05) is 0 Å². The zero-order valence-corrected chi connectivity index (χ0v) is 4.08. The van der Waals surface area contributed by atoms with Crippen molar-refractivity contribution < 1.29 is 9.78 Å². The van der Waals surface area contributed by atoms with Crippen molar-refractivity contribution in [3.8, 4) is 0 Å². The summed E-state index contributed by atoms with van der Waals surface area (Å²) >= 11 is 10.1. The third kappa shape index (κ3) is 0.698. The lowest BCUT2D eigenvalue weighted by molar-refractivity contribution is 0.0850. The largest absolute Gasteiger partial charge is 0.409 e. The third-order valence-corrected chi connectivity index (χ3v) is 0.630. The number of halogens is 2. The van der Waals surface area contributed by atoms with Gasteiger partial charge in [0.05, 0.1) is 0 Å². The van der Waals surface area contributed by atoms with Gasteiger partial charge in [0, 0.05) is 0 Å². The summed E-state index contributed by atoms with van der Waals surface area (Å²) < 4.78 is 0.0370. The van der Waals surface area contributed by atoms with Gasteiger partial charge in [-0.1, -0.05) is 23.2 Å². The second kappa shape index (κ2) is 1.21. The third-order valence-electron chi connectivity index (χ3n) is 0.321. The Morgan fingerprint density at radius 3 is 1.83 bits per heavy atom. The molecular formula is C2Cl2O2. The number of hydrogen-bond acceptors (Lipinski definition) is 2. The van der Waals surface area contributed by atoms with E-state index in [0.29, 0.717) is 0 Å². The lowest BCUT2D eigenvalue weighted by Crippen LogP contribution is -1.44. The zero-order chi connectivity index (χ0) is 4.57. The Morgan fingerprint density at radius 1 is 1.33 bits per heavy atom. The lowest BCUT2D eigenvalue weighted by Gasteiger charge is -1.57. The van der Waals surface area contributed by atoms with Crippen molar-refractivity contribution in [1.29, 1.82) is 0 Å². The highest BCUT2D eigenvalue weighted by Crippen LogP contribution is 2.26. The average Bonchev–Trinajstić information content (AvgIpc) is 2.06. The molecule has 0 aromatic carbocycles. The molecule has 34 valence electrons. The van der Waals surface area contributed by atoms with E-state index in [2.05, 4.69) is 9.78 Å². The van der Waals surface area contributed by atoms with Gasteiger partial charge in [-0.25, -0.2) is 9.78 Å². The predicted octanol–water partition coefficient (Wildman–Crippen LogP) is 1.55. The molecule has 0 bridgehead atoms. The Bertz CT molecular complexity index is 87.7. The van der Waals surface area contributed by atoms with Crippen LogP contribution < -0.4 is 0 Å². The molecule has 0 aromatic rings. The van der Waals surface area contributed by atoms with Crippen LogP contribution >= 0.6 is 23.2 Å². The van der Waals surface area contributed by atoms with E-state index in [4.69, 9.17) is 23.2 Å². The summed E-state index contributed by atoms with van der Waals surface area (Å²) in [5.41, 5.74) is 0. The van der Waals surface area contributed by atoms with Crippen molar-refractivity contribution >= 4 is 23.2 Å². The van der Waals surface area contributed by atoms with E-state index in [0.717, 1.165) is 0 Å². The summed E-state index contributed by atoms with van der Waals surface area (Å²) in [6.07, 6.45) is 0. The fourth-order valence-electron chi connectivity index (χ4n) is 0.0838. The topological polar surface area (TPSA) is 25.1 Å². The molecule has 0 aliphatic carbocycles. The van der Waals surface area contributed by atoms with Gasteiger partial charge in [-0.2, -0.15) is 0 Å². The van der Waals surface area contributed by atoms with Crippen LogP contribution in [0.5, 0.6) is 0 Å². The van der Waals surface area contributed by atoms with Gasteiger partial charge in [0.25, 0.3) is 0 Å². The van der Waals surface area contributed by atoms with Crippen LogP contribution in [0.25, 0.3) is 0 Å². The van der Waals surface area contributed by atoms with Gasteiger partial charge < -0.3 is 0 Å². The molecule has 6 heavy (non-hydrogen) atoms. The summed E-state index contributed by atoms with van der Waals surface area (Å²) in [6.45, 7) is 0. The molecule has 0 N–H and O–H groups in total. The maximum absolute atomic E-state index is 5.07. The maximum atomic E-state index is 5.07. The molecule has 0 saturated carbocycles. The first-order valence-electron chi connectivity index (χ1n) is 1.20. The molecule has 0 aromatic heterocycles. The van der Waals surface area contributed by atoms with Crippen LogP contribution in [0.1, 0.15) is 0 Å². The normalized spacial score (nSPS) is 15.3. The molecule has 1 rings (SSSR count). The first kappa shape index (κ1) is 4.09. The fraction of sp³-hybridized carbons (Fsp3) is 0. The van der Waals surface area contributed by atoms with E-state index in [9.17, 15) is 0 Å². The minimum Gasteiger partial charge on any atom is -0.239 e. The Morgan fingerprint density at radius 2 is 1.83 bits per heavy atom. The second-order valence-corrected chi connectivity index (χ2v) is 1.66. The molecule has 4 heteroatoms. The minimum absolute atomic E-state index is 0.0370. The number of rotatable bonds is 0. The van der Waals surface area contributed by atoms with Crippen molar-refractivity contribution in [1.82, 2.24) is 0 Å². The molecular weight excluding hydrogens is 127 g/mol. The highest BCUT2D eigenvalue weighted by Gasteiger charge is 2.22. The molecule has 1 heterocycles. The van der Waals surface area contributed by atoms with Gasteiger partial charge in [0.1, 0.15) is 0 Å². The van der Waals surface area contributed by atoms with Gasteiger partial charge in [-0.05, 0) is 0 Å². The minimum atomic E-state index is 0.0370. The molecule has 2 nitrogen and oxygen atoms in total. The first-order valence-corrected chi connectivity index (χ1v) is 1.96. The monoisotopic (exact) mass is 126 g/mol. The van der Waals surface area contributed by atoms with Crippen molar-refractivity contribution in [2.24, 2.45) is 0 Å². The fourth-order valence-corrected chi connectivity index (χ4v) is 0.210. The van der Waals surface area contributed by atoms with Gasteiger partial charge in [0.15, 0.2) is 4.49 Å².